The quantitative estimate of drug-likeness (QED) is 0.353. The van der Waals surface area contributed by atoms with Gasteiger partial charge < -0.3 is 20.4 Å². The molecule has 8 nitrogen and oxygen atoms in total. The van der Waals surface area contributed by atoms with Crippen LogP contribution in [0.15, 0.2) is 54.9 Å². The summed E-state index contributed by atoms with van der Waals surface area (Å²) in [5.41, 5.74) is 12.0. The first kappa shape index (κ1) is 21.8. The summed E-state index contributed by atoms with van der Waals surface area (Å²) in [5, 5.41) is 8.63. The number of nitrogens with zero attached hydrogens (tertiary/aromatic N) is 4. The SMILES string of the molecule is C/C=C\C=C(/c1[nH]c(-c2n[nH]c3ccc(-c4cncc(OC)c4)cc23)nc1N)N1CCCCC1. The van der Waals surface area contributed by atoms with Gasteiger partial charge in [0.2, 0.25) is 0 Å². The first-order chi connectivity index (χ1) is 16.7. The zero-order chi connectivity index (χ0) is 23.5. The predicted molar refractivity (Wildman–Crippen MR) is 136 cm³/mol. The van der Waals surface area contributed by atoms with Crippen LogP contribution in [0.25, 0.3) is 39.2 Å². The topological polar surface area (TPSA) is 109 Å². The number of aromatic nitrogens is 5. The number of hydrogen-bond acceptors (Lipinski definition) is 6. The Kier molecular flexibility index (Phi) is 6.03. The van der Waals surface area contributed by atoms with E-state index < -0.39 is 0 Å². The molecule has 0 amide bonds. The van der Waals surface area contributed by atoms with Gasteiger partial charge in [-0.2, -0.15) is 5.10 Å². The molecule has 5 rings (SSSR count). The first-order valence-corrected chi connectivity index (χ1v) is 11.6. The molecule has 0 aliphatic carbocycles. The third-order valence-corrected chi connectivity index (χ3v) is 6.20. The number of nitrogens with one attached hydrogen (secondary N) is 2. The number of allylic oxidation sites excluding steroid dienone is 3. The van der Waals surface area contributed by atoms with Crippen molar-refractivity contribution < 1.29 is 4.74 Å². The number of fused-ring (bicyclic) bond motifs is 1. The van der Waals surface area contributed by atoms with Crippen LogP contribution in [0.5, 0.6) is 5.75 Å². The number of methoxy groups -OCH3 is 1. The second kappa shape index (κ2) is 9.43. The van der Waals surface area contributed by atoms with E-state index in [-0.39, 0.29) is 0 Å². The van der Waals surface area contributed by atoms with Crippen molar-refractivity contribution in [2.75, 3.05) is 25.9 Å². The highest BCUT2D eigenvalue weighted by atomic mass is 16.5. The van der Waals surface area contributed by atoms with Gasteiger partial charge in [0.25, 0.3) is 0 Å². The second-order valence-electron chi connectivity index (χ2n) is 8.42. The van der Waals surface area contributed by atoms with Gasteiger partial charge >= 0.3 is 0 Å². The van der Waals surface area contributed by atoms with Crippen molar-refractivity contribution in [1.82, 2.24) is 30.0 Å². The summed E-state index contributed by atoms with van der Waals surface area (Å²) in [7, 11) is 1.64. The second-order valence-corrected chi connectivity index (χ2v) is 8.42. The number of H-pyrrole nitrogens is 2. The lowest BCUT2D eigenvalue weighted by atomic mass is 10.0. The third-order valence-electron chi connectivity index (χ3n) is 6.20. The maximum Gasteiger partial charge on any atom is 0.161 e. The summed E-state index contributed by atoms with van der Waals surface area (Å²) in [6.07, 6.45) is 13.3. The summed E-state index contributed by atoms with van der Waals surface area (Å²) >= 11 is 0. The molecule has 8 heteroatoms. The lowest BCUT2D eigenvalue weighted by Gasteiger charge is -2.30. The van der Waals surface area contributed by atoms with Crippen LogP contribution in [0.1, 0.15) is 31.9 Å². The Morgan fingerprint density at radius 2 is 1.97 bits per heavy atom. The van der Waals surface area contributed by atoms with Crippen molar-refractivity contribution in [3.8, 4) is 28.4 Å². The molecule has 1 aromatic carbocycles. The number of nitrogens with two attached hydrogens (primary N) is 1. The van der Waals surface area contributed by atoms with Gasteiger partial charge in [-0.1, -0.05) is 18.2 Å². The average Bonchev–Trinajstić information content (AvgIpc) is 3.48. The molecule has 0 atom stereocenters. The number of rotatable bonds is 6. The summed E-state index contributed by atoms with van der Waals surface area (Å²) in [6.45, 7) is 4.04. The Hall–Kier alpha value is -4.07. The Morgan fingerprint density at radius 3 is 2.76 bits per heavy atom. The number of anilines is 1. The Labute approximate surface area is 198 Å². The van der Waals surface area contributed by atoms with Crippen LogP contribution >= 0.6 is 0 Å². The summed E-state index contributed by atoms with van der Waals surface area (Å²) in [4.78, 5) is 14.8. The molecule has 0 spiro atoms. The minimum absolute atomic E-state index is 0.473. The van der Waals surface area contributed by atoms with Gasteiger partial charge in [-0.15, -0.1) is 0 Å². The largest absolute Gasteiger partial charge is 0.495 e. The maximum atomic E-state index is 6.43. The minimum Gasteiger partial charge on any atom is -0.495 e. The molecule has 1 fully saturated rings. The number of ether oxygens (including phenoxy) is 1. The molecule has 0 radical (unpaired) electrons. The van der Waals surface area contributed by atoms with E-state index in [1.165, 1.54) is 19.3 Å². The van der Waals surface area contributed by atoms with Crippen molar-refractivity contribution in [2.45, 2.75) is 26.2 Å². The number of hydrogen-bond donors (Lipinski definition) is 3. The molecule has 4 N–H and O–H groups in total. The molecule has 0 unspecified atom stereocenters. The van der Waals surface area contributed by atoms with Crippen LogP contribution in [-0.4, -0.2) is 50.2 Å². The zero-order valence-corrected chi connectivity index (χ0v) is 19.5. The van der Waals surface area contributed by atoms with E-state index in [0.717, 1.165) is 52.2 Å². The number of imidazole rings is 1. The van der Waals surface area contributed by atoms with Gasteiger partial charge in [0, 0.05) is 30.2 Å². The molecule has 4 heterocycles. The highest BCUT2D eigenvalue weighted by molar-refractivity contribution is 5.95. The Balaban J connectivity index is 1.56. The fraction of sp³-hybridized carbons (Fsp3) is 0.269. The van der Waals surface area contributed by atoms with E-state index in [9.17, 15) is 0 Å². The van der Waals surface area contributed by atoms with Gasteiger partial charge in [0.15, 0.2) is 11.6 Å². The molecular weight excluding hydrogens is 426 g/mol. The number of pyridine rings is 1. The Morgan fingerprint density at radius 1 is 1.12 bits per heavy atom. The fourth-order valence-corrected chi connectivity index (χ4v) is 4.43. The monoisotopic (exact) mass is 455 g/mol. The van der Waals surface area contributed by atoms with Crippen molar-refractivity contribution in [2.24, 2.45) is 0 Å². The first-order valence-electron chi connectivity index (χ1n) is 11.6. The lowest BCUT2D eigenvalue weighted by molar-refractivity contribution is 0.325. The molecule has 3 aromatic heterocycles. The van der Waals surface area contributed by atoms with E-state index in [4.69, 9.17) is 10.5 Å². The molecule has 4 aromatic rings. The molecular formula is C26H29N7O. The van der Waals surface area contributed by atoms with Gasteiger partial charge in [0.1, 0.15) is 17.1 Å². The smallest absolute Gasteiger partial charge is 0.161 e. The van der Waals surface area contributed by atoms with E-state index >= 15 is 0 Å². The maximum absolute atomic E-state index is 6.43. The number of piperidine rings is 1. The van der Waals surface area contributed by atoms with Crippen LogP contribution in [0.3, 0.4) is 0 Å². The molecule has 1 saturated heterocycles. The molecule has 0 saturated carbocycles. The van der Waals surface area contributed by atoms with E-state index in [2.05, 4.69) is 42.2 Å². The minimum atomic E-state index is 0.473. The molecule has 174 valence electrons. The van der Waals surface area contributed by atoms with Crippen molar-refractivity contribution >= 4 is 22.4 Å². The van der Waals surface area contributed by atoms with Crippen molar-refractivity contribution in [1.29, 1.82) is 0 Å². The number of benzene rings is 1. The van der Waals surface area contributed by atoms with Crippen LogP contribution < -0.4 is 10.5 Å². The van der Waals surface area contributed by atoms with Gasteiger partial charge in [-0.05, 0) is 56.0 Å². The highest BCUT2D eigenvalue weighted by Gasteiger charge is 2.21. The van der Waals surface area contributed by atoms with Gasteiger partial charge in [-0.3, -0.25) is 10.1 Å². The van der Waals surface area contributed by atoms with Crippen LogP contribution in [-0.2, 0) is 0 Å². The van der Waals surface area contributed by atoms with E-state index in [1.54, 1.807) is 13.3 Å². The van der Waals surface area contributed by atoms with Crippen molar-refractivity contribution in [3.63, 3.8) is 0 Å². The molecule has 1 aliphatic rings. The predicted octanol–water partition coefficient (Wildman–Crippen LogP) is 5.01. The van der Waals surface area contributed by atoms with E-state index in [0.29, 0.717) is 17.4 Å². The standard InChI is InChI=1S/C26H29N7O/c1-3-4-8-22(33-11-6-5-7-12-33)24-25(27)30-26(29-24)23-20-14-17(9-10-21(20)31-32-23)18-13-19(34-2)16-28-15-18/h3-4,8-10,13-16H,5-7,11-12,27H2,1-2H3,(H,29,30)(H,31,32)/b4-3-,22-8+. The number of aromatic amines is 2. The van der Waals surface area contributed by atoms with Gasteiger partial charge in [-0.25, -0.2) is 4.98 Å². The summed E-state index contributed by atoms with van der Waals surface area (Å²) < 4.78 is 5.33. The Bertz CT molecular complexity index is 1360. The molecule has 34 heavy (non-hydrogen) atoms. The highest BCUT2D eigenvalue weighted by Crippen LogP contribution is 2.33. The summed E-state index contributed by atoms with van der Waals surface area (Å²) in [5.74, 6) is 1.83. The third kappa shape index (κ3) is 4.14. The number of nitrogen functional groups attached to an aromatic ring is 1. The zero-order valence-electron chi connectivity index (χ0n) is 19.5. The number of likely N-dealkylation sites (tertiary alicyclic amines) is 1. The van der Waals surface area contributed by atoms with Crippen LogP contribution in [0.2, 0.25) is 0 Å². The molecule has 0 bridgehead atoms. The van der Waals surface area contributed by atoms with Gasteiger partial charge in [0.05, 0.1) is 24.5 Å². The fourth-order valence-electron chi connectivity index (χ4n) is 4.43. The van der Waals surface area contributed by atoms with E-state index in [1.807, 2.05) is 43.5 Å². The van der Waals surface area contributed by atoms with Crippen molar-refractivity contribution in [3.05, 3.63) is 60.6 Å². The lowest BCUT2D eigenvalue weighted by Crippen LogP contribution is -2.28. The average molecular weight is 456 g/mol. The van der Waals surface area contributed by atoms with Crippen LogP contribution in [0, 0.1) is 0 Å². The van der Waals surface area contributed by atoms with Crippen LogP contribution in [0.4, 0.5) is 5.82 Å². The molecule has 1 aliphatic heterocycles. The summed E-state index contributed by atoms with van der Waals surface area (Å²) in [6, 6.07) is 8.11. The normalized spacial score (nSPS) is 14.9.